The second-order valence-electron chi connectivity index (χ2n) is 1.06. The summed E-state index contributed by atoms with van der Waals surface area (Å²) in [5, 5.41) is 0. The van der Waals surface area contributed by atoms with E-state index < -0.39 is 15.6 Å². The van der Waals surface area contributed by atoms with Gasteiger partial charge in [0.15, 0.2) is 0 Å². The Morgan fingerprint density at radius 2 is 0.929 bits per heavy atom. The minimum Gasteiger partial charge on any atom is -1.00 e. The van der Waals surface area contributed by atoms with Crippen LogP contribution in [-0.2, 0) is 13.4 Å². The third-order valence-electron chi connectivity index (χ3n) is 0.213. The second-order valence-corrected chi connectivity index (χ2v) is 3.68. The number of hydrogen-bond acceptors (Lipinski definition) is 3. The monoisotopic (exact) mass is 298 g/mol. The smallest absolute Gasteiger partial charge is 1.00 e. The van der Waals surface area contributed by atoms with Gasteiger partial charge in [-0.1, -0.05) is 0 Å². The Labute approximate surface area is 128 Å². The van der Waals surface area contributed by atoms with E-state index in [-0.39, 0.29) is 81.4 Å². The van der Waals surface area contributed by atoms with Crippen molar-refractivity contribution in [2.24, 2.45) is 0 Å². The van der Waals surface area contributed by atoms with E-state index in [1.165, 1.54) is 0 Å². The average molecular weight is 298 g/mol. The minimum absolute atomic E-state index is 0. The standard InChI is InChI=1S/Ca.3FH.Na.H4O7P2/c;;;;;1-8(2,3)7-9(4,5)6/h;3*1H;;(H2,1,2,3)(H2,4,5,6)/q+2;;;;+1;/p-3. The maximum absolute atomic E-state index is 9.63. The summed E-state index contributed by atoms with van der Waals surface area (Å²) in [6.07, 6.45) is 0. The van der Waals surface area contributed by atoms with Gasteiger partial charge in [0, 0.05) is 0 Å². The van der Waals surface area contributed by atoms with Crippen molar-refractivity contribution >= 4 is 53.4 Å². The molecule has 0 aliphatic heterocycles. The Morgan fingerprint density at radius 3 is 0.929 bits per heavy atom. The van der Waals surface area contributed by atoms with Crippen LogP contribution in [0.5, 0.6) is 0 Å². The van der Waals surface area contributed by atoms with Gasteiger partial charge in [0.2, 0.25) is 0 Å². The summed E-state index contributed by atoms with van der Waals surface area (Å²) in [5.74, 6) is 0. The normalized spacial score (nSPS) is 8.86. The molecule has 0 atom stereocenters. The fourth-order valence-electron chi connectivity index (χ4n) is 0.139. The Balaban J connectivity index is -0.0000000320. The largest absolute Gasteiger partial charge is 2.00 e. The van der Waals surface area contributed by atoms with Crippen LogP contribution < -0.4 is 43.7 Å². The van der Waals surface area contributed by atoms with Crippen LogP contribution in [0.3, 0.4) is 0 Å². The van der Waals surface area contributed by atoms with Gasteiger partial charge in [-0.3, -0.25) is 0 Å². The predicted molar refractivity (Wildman–Crippen MR) is 30.9 cm³/mol. The van der Waals surface area contributed by atoms with E-state index in [4.69, 9.17) is 19.6 Å². The quantitative estimate of drug-likeness (QED) is 0.295. The zero-order valence-corrected chi connectivity index (χ0v) is 12.7. The maximum atomic E-state index is 9.63. The third kappa shape index (κ3) is 36.7. The van der Waals surface area contributed by atoms with Crippen molar-refractivity contribution in [3.8, 4) is 0 Å². The van der Waals surface area contributed by atoms with Crippen LogP contribution in [-0.4, -0.2) is 57.3 Å². The van der Waals surface area contributed by atoms with Crippen molar-refractivity contribution in [1.82, 2.24) is 0 Å². The molecule has 0 rings (SSSR count). The molecule has 0 aromatic carbocycles. The summed E-state index contributed by atoms with van der Waals surface area (Å²) >= 11 is 0. The second kappa shape index (κ2) is 13.4. The summed E-state index contributed by atoms with van der Waals surface area (Å²) in [6.45, 7) is 0. The van der Waals surface area contributed by atoms with E-state index in [1.807, 2.05) is 0 Å². The van der Waals surface area contributed by atoms with Crippen molar-refractivity contribution < 1.29 is 76.7 Å². The fraction of sp³-hybridized carbons (Fsp3) is 0. The van der Waals surface area contributed by atoms with Gasteiger partial charge in [-0.05, 0) is 0 Å². The van der Waals surface area contributed by atoms with E-state index >= 15 is 0 Å². The van der Waals surface area contributed by atoms with E-state index in [0.717, 1.165) is 0 Å². The molecule has 0 unspecified atom stereocenters. The molecule has 0 saturated carbocycles. The van der Waals surface area contributed by atoms with Gasteiger partial charge in [-0.15, -0.1) is 0 Å². The van der Waals surface area contributed by atoms with Crippen molar-refractivity contribution in [3.05, 3.63) is 0 Å². The molecule has 0 amide bonds. The van der Waals surface area contributed by atoms with E-state index in [0.29, 0.717) is 0 Å². The molecule has 0 radical (unpaired) electrons. The van der Waals surface area contributed by atoms with Gasteiger partial charge >= 0.3 is 82.9 Å². The minimum atomic E-state index is -5.05. The molecule has 0 saturated heterocycles. The molecule has 0 heterocycles. The maximum Gasteiger partial charge on any atom is 2.00 e. The zero-order chi connectivity index (χ0) is 7.71. The van der Waals surface area contributed by atoms with Crippen LogP contribution in [0.15, 0.2) is 0 Å². The van der Waals surface area contributed by atoms with Gasteiger partial charge in [-0.25, -0.2) is 9.13 Å². The van der Waals surface area contributed by atoms with Crippen LogP contribution >= 0.6 is 15.6 Å². The number of phosphoric acid groups is 2. The molecule has 0 bridgehead atoms. The molecule has 14 heteroatoms. The molecule has 0 aromatic rings. The van der Waals surface area contributed by atoms with Gasteiger partial charge in [-0.2, -0.15) is 4.31 Å². The molecule has 0 spiro atoms. The summed E-state index contributed by atoms with van der Waals surface area (Å²) in [5.41, 5.74) is 0. The van der Waals surface area contributed by atoms with E-state index in [9.17, 15) is 9.13 Å². The molecule has 14 heavy (non-hydrogen) atoms. The van der Waals surface area contributed by atoms with Crippen LogP contribution in [0.4, 0.5) is 0 Å². The molecule has 4 N–H and O–H groups in total. The van der Waals surface area contributed by atoms with Crippen LogP contribution in [0, 0.1) is 0 Å². The Morgan fingerprint density at radius 1 is 0.786 bits per heavy atom. The molecular formula is H4CaF3NaO7P2. The van der Waals surface area contributed by atoms with Crippen molar-refractivity contribution in [2.75, 3.05) is 0 Å². The fourth-order valence-corrected chi connectivity index (χ4v) is 1.25. The Hall–Kier alpha value is 2.31. The first-order valence-corrected chi connectivity index (χ1v) is 4.59. The topological polar surface area (TPSA) is 124 Å². The Bertz CT molecular complexity index is 167. The van der Waals surface area contributed by atoms with E-state index in [1.54, 1.807) is 0 Å². The number of hydrogen-bond donors (Lipinski definition) is 4. The van der Waals surface area contributed by atoms with Gasteiger partial charge in [0.05, 0.1) is 0 Å². The van der Waals surface area contributed by atoms with Gasteiger partial charge in [0.1, 0.15) is 0 Å². The van der Waals surface area contributed by atoms with Crippen molar-refractivity contribution in [1.29, 1.82) is 0 Å². The van der Waals surface area contributed by atoms with Gasteiger partial charge < -0.3 is 33.7 Å². The molecule has 7 nitrogen and oxygen atoms in total. The first kappa shape index (κ1) is 36.0. The summed E-state index contributed by atoms with van der Waals surface area (Å²) in [4.78, 5) is 31.0. The van der Waals surface area contributed by atoms with Crippen LogP contribution in [0.25, 0.3) is 0 Å². The molecule has 0 aliphatic carbocycles. The van der Waals surface area contributed by atoms with E-state index in [2.05, 4.69) is 4.31 Å². The number of halogens is 3. The summed E-state index contributed by atoms with van der Waals surface area (Å²) in [7, 11) is -10.1. The van der Waals surface area contributed by atoms with Gasteiger partial charge in [0.25, 0.3) is 0 Å². The summed E-state index contributed by atoms with van der Waals surface area (Å²) in [6, 6.07) is 0. The number of rotatable bonds is 2. The zero-order valence-electron chi connectivity index (χ0n) is 6.75. The average Bonchev–Trinajstić information content (AvgIpc) is 1.14. The van der Waals surface area contributed by atoms with Crippen molar-refractivity contribution in [2.45, 2.75) is 0 Å². The predicted octanol–water partition coefficient (Wildman–Crippen LogP) is -13.2. The van der Waals surface area contributed by atoms with Crippen LogP contribution in [0.1, 0.15) is 0 Å². The molecule has 0 aliphatic rings. The first-order chi connectivity index (χ1) is 3.71. The molecule has 0 aromatic heterocycles. The van der Waals surface area contributed by atoms with Crippen LogP contribution in [0.2, 0.25) is 0 Å². The molecule has 0 fully saturated rings. The molecular weight excluding hydrogens is 294 g/mol. The third-order valence-corrected chi connectivity index (χ3v) is 1.91. The Kier molecular flexibility index (Phi) is 34.4. The first-order valence-electron chi connectivity index (χ1n) is 1.53. The summed E-state index contributed by atoms with van der Waals surface area (Å²) < 4.78 is 22.2. The SMILES string of the molecule is O=P(O)(O)OP(=O)(O)O.[Ca+2].[F-].[F-].[F-].[Na+]. The molecule has 80 valence electrons. The van der Waals surface area contributed by atoms with Crippen molar-refractivity contribution in [3.63, 3.8) is 0 Å².